The van der Waals surface area contributed by atoms with Crippen molar-refractivity contribution in [3.05, 3.63) is 35.4 Å². The second-order valence-electron chi connectivity index (χ2n) is 5.15. The van der Waals surface area contributed by atoms with E-state index in [0.717, 1.165) is 32.4 Å². The number of fused-ring (bicyclic) bond motifs is 1. The van der Waals surface area contributed by atoms with Gasteiger partial charge in [0.25, 0.3) is 0 Å². The fraction of sp³-hybridized carbons (Fsp3) is 0.400. The molecule has 1 aromatic carbocycles. The van der Waals surface area contributed by atoms with Gasteiger partial charge in [-0.25, -0.2) is 0 Å². The van der Waals surface area contributed by atoms with Crippen LogP contribution in [0.4, 0.5) is 0 Å². The summed E-state index contributed by atoms with van der Waals surface area (Å²) in [4.78, 5) is 26.7. The van der Waals surface area contributed by atoms with Crippen molar-refractivity contribution < 1.29 is 9.59 Å². The lowest BCUT2D eigenvalue weighted by molar-refractivity contribution is 0.0829. The van der Waals surface area contributed by atoms with E-state index in [2.05, 4.69) is 0 Å². The van der Waals surface area contributed by atoms with Crippen LogP contribution in [0.25, 0.3) is 0 Å². The zero-order valence-corrected chi connectivity index (χ0v) is 10.7. The largest absolute Gasteiger partial charge is 0.299 e. The summed E-state index contributed by atoms with van der Waals surface area (Å²) in [7, 11) is 0. The number of piperidine rings is 1. The van der Waals surface area contributed by atoms with Gasteiger partial charge in [0.2, 0.25) is 5.78 Å². The van der Waals surface area contributed by atoms with Crippen molar-refractivity contribution >= 4 is 17.3 Å². The van der Waals surface area contributed by atoms with Gasteiger partial charge >= 0.3 is 0 Å². The fourth-order valence-electron chi connectivity index (χ4n) is 2.97. The van der Waals surface area contributed by atoms with Crippen LogP contribution in [0, 0.1) is 5.41 Å². The molecule has 1 aliphatic carbocycles. The average Bonchev–Trinajstić information content (AvgIpc) is 2.46. The van der Waals surface area contributed by atoms with Gasteiger partial charge in [0, 0.05) is 11.1 Å². The monoisotopic (exact) mass is 256 g/mol. The molecule has 98 valence electrons. The number of rotatable bonds is 1. The molecule has 1 fully saturated rings. The second kappa shape index (κ2) is 4.70. The van der Waals surface area contributed by atoms with Crippen molar-refractivity contribution in [1.82, 2.24) is 4.90 Å². The maximum Gasteiger partial charge on any atom is 0.209 e. The number of hydrogen-bond donors (Lipinski definition) is 1. The minimum absolute atomic E-state index is 0.0643. The first-order valence-electron chi connectivity index (χ1n) is 6.70. The van der Waals surface area contributed by atoms with E-state index in [1.165, 1.54) is 0 Å². The third-order valence-corrected chi connectivity index (χ3v) is 3.96. The number of benzene rings is 1. The van der Waals surface area contributed by atoms with Gasteiger partial charge in [0.1, 0.15) is 11.8 Å². The molecule has 0 amide bonds. The summed E-state index contributed by atoms with van der Waals surface area (Å²) in [6, 6.07) is 6.17. The molecular formula is C15H16N2O2. The molecule has 4 nitrogen and oxygen atoms in total. The van der Waals surface area contributed by atoms with E-state index in [0.29, 0.717) is 11.1 Å². The quantitative estimate of drug-likeness (QED) is 0.835. The van der Waals surface area contributed by atoms with E-state index in [1.807, 2.05) is 4.90 Å². The highest BCUT2D eigenvalue weighted by atomic mass is 16.1. The third kappa shape index (κ3) is 1.92. The smallest absolute Gasteiger partial charge is 0.209 e. The Morgan fingerprint density at radius 3 is 2.32 bits per heavy atom. The van der Waals surface area contributed by atoms with Gasteiger partial charge in [-0.3, -0.25) is 19.9 Å². The Hall–Kier alpha value is -1.81. The van der Waals surface area contributed by atoms with Crippen LogP contribution in [0.15, 0.2) is 24.3 Å². The van der Waals surface area contributed by atoms with Crippen LogP contribution in [0.5, 0.6) is 0 Å². The molecule has 0 saturated carbocycles. The second-order valence-corrected chi connectivity index (χ2v) is 5.15. The molecule has 0 aromatic heterocycles. The molecule has 0 radical (unpaired) electrons. The number of carbonyl (C=O) groups excluding carboxylic acids is 2. The Morgan fingerprint density at radius 2 is 1.63 bits per heavy atom. The topological polar surface area (TPSA) is 61.2 Å². The number of Topliss-reactive ketones (excluding diaryl/α,β-unsaturated/α-hetero) is 2. The number of likely N-dealkylation sites (tertiary alicyclic amines) is 1. The third-order valence-electron chi connectivity index (χ3n) is 3.96. The first-order valence-corrected chi connectivity index (χ1v) is 6.70. The molecule has 1 N–H and O–H groups in total. The fourth-order valence-corrected chi connectivity index (χ4v) is 2.97. The molecule has 1 heterocycles. The molecule has 4 heteroatoms. The van der Waals surface area contributed by atoms with Crippen molar-refractivity contribution in [2.45, 2.75) is 25.3 Å². The van der Waals surface area contributed by atoms with Gasteiger partial charge in [0.15, 0.2) is 5.78 Å². The van der Waals surface area contributed by atoms with Crippen molar-refractivity contribution in [1.29, 1.82) is 5.41 Å². The zero-order chi connectivity index (χ0) is 13.4. The highest BCUT2D eigenvalue weighted by molar-refractivity contribution is 6.54. The first-order chi connectivity index (χ1) is 9.20. The van der Waals surface area contributed by atoms with Crippen LogP contribution in [-0.2, 0) is 0 Å². The molecular weight excluding hydrogens is 240 g/mol. The maximum absolute atomic E-state index is 12.5. The first kappa shape index (κ1) is 12.2. The summed E-state index contributed by atoms with van der Waals surface area (Å²) in [5, 5.41) is 8.04. The van der Waals surface area contributed by atoms with Gasteiger partial charge in [-0.2, -0.15) is 0 Å². The van der Waals surface area contributed by atoms with Gasteiger partial charge < -0.3 is 0 Å². The predicted octanol–water partition coefficient (Wildman–Crippen LogP) is 1.94. The number of carbonyl (C=O) groups is 2. The van der Waals surface area contributed by atoms with E-state index < -0.39 is 6.04 Å². The highest BCUT2D eigenvalue weighted by Gasteiger charge is 2.40. The normalized spacial score (nSPS) is 24.4. The average molecular weight is 256 g/mol. The SMILES string of the molecule is N=C1C(=O)c2ccccc2C(=O)C1N1CCCCC1. The zero-order valence-electron chi connectivity index (χ0n) is 10.7. The lowest BCUT2D eigenvalue weighted by Gasteiger charge is -2.35. The Balaban J connectivity index is 2.01. The minimum atomic E-state index is -0.664. The van der Waals surface area contributed by atoms with Crippen LogP contribution in [0.3, 0.4) is 0 Å². The summed E-state index contributed by atoms with van der Waals surface area (Å²) >= 11 is 0. The molecule has 2 aliphatic rings. The van der Waals surface area contributed by atoms with Gasteiger partial charge in [-0.15, -0.1) is 0 Å². The number of nitrogens with zero attached hydrogens (tertiary/aromatic N) is 1. The Bertz CT molecular complexity index is 559. The minimum Gasteiger partial charge on any atom is -0.299 e. The van der Waals surface area contributed by atoms with Crippen molar-refractivity contribution in [2.75, 3.05) is 13.1 Å². The van der Waals surface area contributed by atoms with Crippen molar-refractivity contribution in [3.8, 4) is 0 Å². The molecule has 0 spiro atoms. The number of hydrogen-bond acceptors (Lipinski definition) is 4. The number of nitrogens with one attached hydrogen (secondary N) is 1. The predicted molar refractivity (Wildman–Crippen MR) is 72.0 cm³/mol. The molecule has 19 heavy (non-hydrogen) atoms. The van der Waals surface area contributed by atoms with E-state index in [4.69, 9.17) is 5.41 Å². The van der Waals surface area contributed by atoms with Crippen molar-refractivity contribution in [2.24, 2.45) is 0 Å². The molecule has 1 unspecified atom stereocenters. The van der Waals surface area contributed by atoms with Crippen molar-refractivity contribution in [3.63, 3.8) is 0 Å². The van der Waals surface area contributed by atoms with E-state index >= 15 is 0 Å². The molecule has 1 aliphatic heterocycles. The van der Waals surface area contributed by atoms with Crippen LogP contribution < -0.4 is 0 Å². The van der Waals surface area contributed by atoms with Crippen LogP contribution in [0.2, 0.25) is 0 Å². The standard InChI is InChI=1S/C15H16N2O2/c16-12-13(17-8-4-1-5-9-17)15(19)11-7-3-2-6-10(11)14(12)18/h2-3,6-7,13,16H,1,4-5,8-9H2. The molecule has 1 aromatic rings. The van der Waals surface area contributed by atoms with Crippen LogP contribution in [-0.4, -0.2) is 41.3 Å². The molecule has 3 rings (SSSR count). The molecule has 1 saturated heterocycles. The van der Waals surface area contributed by atoms with E-state index in [9.17, 15) is 9.59 Å². The van der Waals surface area contributed by atoms with E-state index in [-0.39, 0.29) is 17.3 Å². The summed E-state index contributed by atoms with van der Waals surface area (Å²) in [6.45, 7) is 1.60. The van der Waals surface area contributed by atoms with E-state index in [1.54, 1.807) is 24.3 Å². The lowest BCUT2D eigenvalue weighted by Crippen LogP contribution is -2.53. The lowest BCUT2D eigenvalue weighted by atomic mass is 9.83. The molecule has 1 atom stereocenters. The Kier molecular flexibility index (Phi) is 3.03. The summed E-state index contributed by atoms with van der Waals surface area (Å²) < 4.78 is 0. The summed E-state index contributed by atoms with van der Waals surface area (Å²) in [6.07, 6.45) is 3.23. The molecule has 0 bridgehead atoms. The Morgan fingerprint density at radius 1 is 1.00 bits per heavy atom. The van der Waals surface area contributed by atoms with Gasteiger partial charge in [-0.1, -0.05) is 30.7 Å². The van der Waals surface area contributed by atoms with Crippen LogP contribution >= 0.6 is 0 Å². The highest BCUT2D eigenvalue weighted by Crippen LogP contribution is 2.24. The maximum atomic E-state index is 12.5. The van der Waals surface area contributed by atoms with Crippen LogP contribution in [0.1, 0.15) is 40.0 Å². The Labute approximate surface area is 111 Å². The van der Waals surface area contributed by atoms with Gasteiger partial charge in [0.05, 0.1) is 0 Å². The summed E-state index contributed by atoms with van der Waals surface area (Å²) in [5.41, 5.74) is 0.787. The van der Waals surface area contributed by atoms with Gasteiger partial charge in [-0.05, 0) is 25.9 Å². The number of ketones is 2. The summed E-state index contributed by atoms with van der Waals surface area (Å²) in [5.74, 6) is -0.395.